The lowest BCUT2D eigenvalue weighted by atomic mass is 10.2. The Hall–Kier alpha value is -1.26. The molecule has 1 aromatic rings. The lowest BCUT2D eigenvalue weighted by molar-refractivity contribution is 0.0745. The molecule has 1 rings (SSSR count). The van der Waals surface area contributed by atoms with E-state index in [4.69, 9.17) is 16.3 Å². The highest BCUT2D eigenvalue weighted by Crippen LogP contribution is 2.21. The minimum atomic E-state index is -0.341. The Labute approximate surface area is 106 Å². The zero-order valence-corrected chi connectivity index (χ0v) is 10.6. The minimum Gasteiger partial charge on any atom is -0.507 e. The zero-order chi connectivity index (χ0) is 12.8. The summed E-state index contributed by atoms with van der Waals surface area (Å²) < 4.78 is 5.28. The van der Waals surface area contributed by atoms with E-state index in [1.165, 1.54) is 12.1 Å². The summed E-state index contributed by atoms with van der Waals surface area (Å²) >= 11 is 5.67. The summed E-state index contributed by atoms with van der Waals surface area (Å²) in [5, 5.41) is 12.6. The molecule has 0 aromatic heterocycles. The van der Waals surface area contributed by atoms with E-state index in [9.17, 15) is 9.90 Å². The highest BCUT2D eigenvalue weighted by molar-refractivity contribution is 6.30. The van der Waals surface area contributed by atoms with Gasteiger partial charge in [0.1, 0.15) is 5.75 Å². The van der Waals surface area contributed by atoms with Gasteiger partial charge in [-0.1, -0.05) is 11.6 Å². The number of benzene rings is 1. The third kappa shape index (κ3) is 4.63. The van der Waals surface area contributed by atoms with E-state index in [0.717, 1.165) is 0 Å². The first-order valence-corrected chi connectivity index (χ1v) is 5.77. The van der Waals surface area contributed by atoms with Gasteiger partial charge in [0.05, 0.1) is 18.3 Å². The van der Waals surface area contributed by atoms with Crippen molar-refractivity contribution in [3.05, 3.63) is 28.8 Å². The highest BCUT2D eigenvalue weighted by Gasteiger charge is 2.10. The lowest BCUT2D eigenvalue weighted by Gasteiger charge is -2.09. The van der Waals surface area contributed by atoms with E-state index < -0.39 is 0 Å². The minimum absolute atomic E-state index is 0.125. The molecule has 0 aliphatic heterocycles. The first-order chi connectivity index (χ1) is 8.00. The summed E-state index contributed by atoms with van der Waals surface area (Å²) in [7, 11) is 0. The van der Waals surface area contributed by atoms with Crippen molar-refractivity contribution in [2.75, 3.05) is 13.2 Å². The van der Waals surface area contributed by atoms with Crippen molar-refractivity contribution in [2.45, 2.75) is 20.0 Å². The van der Waals surface area contributed by atoms with Crippen LogP contribution in [0.1, 0.15) is 24.2 Å². The molecule has 1 amide bonds. The van der Waals surface area contributed by atoms with Gasteiger partial charge in [-0.05, 0) is 32.0 Å². The number of halogens is 1. The van der Waals surface area contributed by atoms with Gasteiger partial charge in [0.25, 0.3) is 5.91 Å². The van der Waals surface area contributed by atoms with Gasteiger partial charge in [-0.2, -0.15) is 0 Å². The summed E-state index contributed by atoms with van der Waals surface area (Å²) in [5.41, 5.74) is 0.207. The van der Waals surface area contributed by atoms with Gasteiger partial charge in [-0.3, -0.25) is 4.79 Å². The van der Waals surface area contributed by atoms with Crippen LogP contribution in [0.15, 0.2) is 18.2 Å². The summed E-state index contributed by atoms with van der Waals surface area (Å²) in [6.07, 6.45) is 0.135. The van der Waals surface area contributed by atoms with E-state index in [0.29, 0.717) is 18.2 Å². The van der Waals surface area contributed by atoms with Crippen LogP contribution in [0, 0.1) is 0 Å². The Bertz CT molecular complexity index is 393. The largest absolute Gasteiger partial charge is 0.507 e. The molecule has 0 bridgehead atoms. The molecule has 94 valence electrons. The number of carbonyl (C=O) groups excluding carboxylic acids is 1. The molecule has 5 heteroatoms. The maximum atomic E-state index is 11.7. The van der Waals surface area contributed by atoms with Crippen molar-refractivity contribution in [2.24, 2.45) is 0 Å². The van der Waals surface area contributed by atoms with Crippen LogP contribution in [0.3, 0.4) is 0 Å². The number of phenolic OH excluding ortho intramolecular Hbond substituents is 1. The van der Waals surface area contributed by atoms with Crippen molar-refractivity contribution in [1.29, 1.82) is 0 Å². The predicted molar refractivity (Wildman–Crippen MR) is 66.5 cm³/mol. The van der Waals surface area contributed by atoms with Crippen LogP contribution in [-0.4, -0.2) is 30.3 Å². The second kappa shape index (κ2) is 6.47. The summed E-state index contributed by atoms with van der Waals surface area (Å²) in [6, 6.07) is 4.37. The number of ether oxygens (including phenoxy) is 1. The van der Waals surface area contributed by atoms with E-state index in [2.05, 4.69) is 5.32 Å². The van der Waals surface area contributed by atoms with Crippen LogP contribution in [0.5, 0.6) is 5.75 Å². The van der Waals surface area contributed by atoms with Gasteiger partial charge >= 0.3 is 0 Å². The van der Waals surface area contributed by atoms with Gasteiger partial charge in [-0.25, -0.2) is 0 Å². The number of phenols is 1. The number of rotatable bonds is 5. The van der Waals surface area contributed by atoms with Crippen LogP contribution in [-0.2, 0) is 4.74 Å². The Morgan fingerprint density at radius 1 is 1.53 bits per heavy atom. The number of nitrogens with one attached hydrogen (secondary N) is 1. The number of carbonyl (C=O) groups is 1. The second-order valence-corrected chi connectivity index (χ2v) is 4.27. The molecular formula is C12H16ClNO3. The second-order valence-electron chi connectivity index (χ2n) is 3.84. The third-order valence-electron chi connectivity index (χ3n) is 2.04. The number of aromatic hydroxyl groups is 1. The van der Waals surface area contributed by atoms with Crippen LogP contribution >= 0.6 is 11.6 Å². The van der Waals surface area contributed by atoms with Gasteiger partial charge in [0.15, 0.2) is 0 Å². The van der Waals surface area contributed by atoms with Gasteiger partial charge in [0, 0.05) is 11.6 Å². The maximum absolute atomic E-state index is 11.7. The fraction of sp³-hybridized carbons (Fsp3) is 0.417. The monoisotopic (exact) mass is 257 g/mol. The van der Waals surface area contributed by atoms with Gasteiger partial charge in [0.2, 0.25) is 0 Å². The Kier molecular flexibility index (Phi) is 5.25. The predicted octanol–water partition coefficient (Wildman–Crippen LogP) is 2.20. The first-order valence-electron chi connectivity index (χ1n) is 5.39. The molecule has 0 atom stereocenters. The molecule has 0 saturated heterocycles. The van der Waals surface area contributed by atoms with Crippen LogP contribution in [0.25, 0.3) is 0 Å². The Morgan fingerprint density at radius 3 is 2.82 bits per heavy atom. The smallest absolute Gasteiger partial charge is 0.255 e. The topological polar surface area (TPSA) is 58.6 Å². The molecule has 0 heterocycles. The molecule has 4 nitrogen and oxygen atoms in total. The van der Waals surface area contributed by atoms with Crippen molar-refractivity contribution in [1.82, 2.24) is 5.32 Å². The van der Waals surface area contributed by atoms with E-state index in [1.54, 1.807) is 6.07 Å². The molecular weight excluding hydrogens is 242 g/mol. The molecule has 0 spiro atoms. The normalized spacial score (nSPS) is 10.6. The maximum Gasteiger partial charge on any atom is 0.255 e. The van der Waals surface area contributed by atoms with Crippen LogP contribution in [0.2, 0.25) is 5.02 Å². The quantitative estimate of drug-likeness (QED) is 0.795. The number of hydrogen-bond acceptors (Lipinski definition) is 3. The zero-order valence-electron chi connectivity index (χ0n) is 9.87. The molecule has 2 N–H and O–H groups in total. The molecule has 0 aliphatic rings. The number of amides is 1. The van der Waals surface area contributed by atoms with Gasteiger partial charge in [-0.15, -0.1) is 0 Å². The molecule has 17 heavy (non-hydrogen) atoms. The Morgan fingerprint density at radius 2 is 2.24 bits per heavy atom. The average Bonchev–Trinajstić information content (AvgIpc) is 2.23. The lowest BCUT2D eigenvalue weighted by Crippen LogP contribution is -2.28. The van der Waals surface area contributed by atoms with Crippen LogP contribution in [0.4, 0.5) is 0 Å². The fourth-order valence-electron chi connectivity index (χ4n) is 1.25. The molecule has 0 saturated carbocycles. The molecule has 0 unspecified atom stereocenters. The van der Waals surface area contributed by atoms with E-state index >= 15 is 0 Å². The molecule has 1 aromatic carbocycles. The Balaban J connectivity index is 2.47. The standard InChI is InChI=1S/C12H16ClNO3/c1-8(2)17-6-5-14-12(16)10-4-3-9(13)7-11(10)15/h3-4,7-8,15H,5-6H2,1-2H3,(H,14,16). The summed E-state index contributed by atoms with van der Waals surface area (Å²) in [5.74, 6) is -0.466. The highest BCUT2D eigenvalue weighted by atomic mass is 35.5. The molecule has 0 fully saturated rings. The van der Waals surface area contributed by atoms with Crippen molar-refractivity contribution >= 4 is 17.5 Å². The van der Waals surface area contributed by atoms with Crippen molar-refractivity contribution < 1.29 is 14.6 Å². The third-order valence-corrected chi connectivity index (χ3v) is 2.28. The van der Waals surface area contributed by atoms with Crippen molar-refractivity contribution in [3.8, 4) is 5.75 Å². The van der Waals surface area contributed by atoms with E-state index in [1.807, 2.05) is 13.8 Å². The summed E-state index contributed by atoms with van der Waals surface area (Å²) in [6.45, 7) is 4.69. The first kappa shape index (κ1) is 13.8. The molecule has 0 radical (unpaired) electrons. The SMILES string of the molecule is CC(C)OCCNC(=O)c1ccc(Cl)cc1O. The van der Waals surface area contributed by atoms with Gasteiger partial charge < -0.3 is 15.2 Å². The van der Waals surface area contributed by atoms with Crippen LogP contribution < -0.4 is 5.32 Å². The van der Waals surface area contributed by atoms with Crippen molar-refractivity contribution in [3.63, 3.8) is 0 Å². The van der Waals surface area contributed by atoms with E-state index in [-0.39, 0.29) is 23.3 Å². The number of hydrogen-bond donors (Lipinski definition) is 2. The summed E-state index contributed by atoms with van der Waals surface area (Å²) in [4.78, 5) is 11.7. The molecule has 0 aliphatic carbocycles. The average molecular weight is 258 g/mol. The fourth-order valence-corrected chi connectivity index (χ4v) is 1.42.